The third-order valence-corrected chi connectivity index (χ3v) is 3.89. The number of nitrogens with one attached hydrogen (secondary N) is 1. The molecule has 0 saturated heterocycles. The van der Waals surface area contributed by atoms with Gasteiger partial charge in [0.25, 0.3) is 5.91 Å². The van der Waals surface area contributed by atoms with E-state index in [0.29, 0.717) is 17.1 Å². The largest absolute Gasteiger partial charge is 0.493 e. The third kappa shape index (κ3) is 3.80. The lowest BCUT2D eigenvalue weighted by molar-refractivity contribution is 0.0939. The average Bonchev–Trinajstić information content (AvgIpc) is 2.54. The van der Waals surface area contributed by atoms with Crippen LogP contribution >= 0.6 is 15.9 Å². The van der Waals surface area contributed by atoms with Gasteiger partial charge in [0.05, 0.1) is 20.3 Å². The zero-order valence-electron chi connectivity index (χ0n) is 12.7. The summed E-state index contributed by atoms with van der Waals surface area (Å²) in [5.41, 5.74) is 1.57. The first-order valence-electron chi connectivity index (χ1n) is 6.83. The molecule has 1 N–H and O–H groups in total. The molecule has 5 heteroatoms. The molecule has 1 unspecified atom stereocenters. The highest BCUT2D eigenvalue weighted by Gasteiger charge is 2.14. The van der Waals surface area contributed by atoms with Crippen molar-refractivity contribution in [2.45, 2.75) is 13.0 Å². The Balaban J connectivity index is 2.13. The molecular weight excluding hydrogens is 346 g/mol. The zero-order chi connectivity index (χ0) is 16.1. The summed E-state index contributed by atoms with van der Waals surface area (Å²) in [7, 11) is 3.11. The molecule has 1 amide bonds. The highest BCUT2D eigenvalue weighted by atomic mass is 79.9. The quantitative estimate of drug-likeness (QED) is 0.874. The van der Waals surface area contributed by atoms with E-state index in [1.54, 1.807) is 32.4 Å². The summed E-state index contributed by atoms with van der Waals surface area (Å²) in [5.74, 6) is 0.975. The number of carbonyl (C=O) groups excluding carboxylic acids is 1. The van der Waals surface area contributed by atoms with Crippen LogP contribution in [0.4, 0.5) is 0 Å². The van der Waals surface area contributed by atoms with Crippen LogP contribution in [-0.2, 0) is 0 Å². The van der Waals surface area contributed by atoms with Crippen LogP contribution in [0.15, 0.2) is 46.9 Å². The first kappa shape index (κ1) is 16.4. The number of ether oxygens (including phenoxy) is 2. The van der Waals surface area contributed by atoms with Crippen molar-refractivity contribution >= 4 is 21.8 Å². The van der Waals surface area contributed by atoms with Crippen molar-refractivity contribution in [2.75, 3.05) is 14.2 Å². The molecule has 2 aromatic rings. The Morgan fingerprint density at radius 2 is 1.68 bits per heavy atom. The highest BCUT2D eigenvalue weighted by Crippen LogP contribution is 2.27. The van der Waals surface area contributed by atoms with Crippen LogP contribution in [0.5, 0.6) is 11.5 Å². The number of amides is 1. The van der Waals surface area contributed by atoms with Crippen LogP contribution in [-0.4, -0.2) is 20.1 Å². The molecule has 116 valence electrons. The summed E-state index contributed by atoms with van der Waals surface area (Å²) in [6.07, 6.45) is 0. The van der Waals surface area contributed by atoms with Gasteiger partial charge in [-0.1, -0.05) is 28.1 Å². The summed E-state index contributed by atoms with van der Waals surface area (Å²) >= 11 is 3.40. The van der Waals surface area contributed by atoms with Gasteiger partial charge in [0.2, 0.25) is 0 Å². The van der Waals surface area contributed by atoms with Gasteiger partial charge in [-0.15, -0.1) is 0 Å². The molecule has 0 aromatic heterocycles. The maximum atomic E-state index is 12.3. The molecule has 0 aliphatic heterocycles. The topological polar surface area (TPSA) is 47.6 Å². The van der Waals surface area contributed by atoms with Crippen LogP contribution in [0, 0.1) is 0 Å². The van der Waals surface area contributed by atoms with E-state index in [9.17, 15) is 4.79 Å². The molecule has 4 nitrogen and oxygen atoms in total. The minimum atomic E-state index is -0.156. The van der Waals surface area contributed by atoms with Crippen LogP contribution < -0.4 is 14.8 Å². The van der Waals surface area contributed by atoms with Gasteiger partial charge in [-0.3, -0.25) is 4.79 Å². The third-order valence-electron chi connectivity index (χ3n) is 3.36. The van der Waals surface area contributed by atoms with Gasteiger partial charge in [0.15, 0.2) is 11.5 Å². The van der Waals surface area contributed by atoms with E-state index in [1.807, 2.05) is 31.2 Å². The number of hydrogen-bond donors (Lipinski definition) is 1. The number of carbonyl (C=O) groups is 1. The van der Waals surface area contributed by atoms with Gasteiger partial charge >= 0.3 is 0 Å². The second-order valence-electron chi connectivity index (χ2n) is 4.82. The molecule has 0 heterocycles. The van der Waals surface area contributed by atoms with Crippen molar-refractivity contribution in [3.05, 3.63) is 58.1 Å². The summed E-state index contributed by atoms with van der Waals surface area (Å²) in [5, 5.41) is 2.97. The molecule has 2 aromatic carbocycles. The van der Waals surface area contributed by atoms with E-state index < -0.39 is 0 Å². The van der Waals surface area contributed by atoms with Crippen molar-refractivity contribution in [2.24, 2.45) is 0 Å². The van der Waals surface area contributed by atoms with E-state index in [1.165, 1.54) is 0 Å². The second-order valence-corrected chi connectivity index (χ2v) is 5.73. The SMILES string of the molecule is COc1ccc(C(=O)NC(C)c2ccc(Br)cc2)cc1OC. The Morgan fingerprint density at radius 3 is 2.27 bits per heavy atom. The van der Waals surface area contributed by atoms with Gasteiger partial charge in [-0.2, -0.15) is 0 Å². The van der Waals surface area contributed by atoms with Crippen molar-refractivity contribution < 1.29 is 14.3 Å². The van der Waals surface area contributed by atoms with Gasteiger partial charge in [-0.05, 0) is 42.8 Å². The van der Waals surface area contributed by atoms with E-state index in [2.05, 4.69) is 21.2 Å². The second kappa shape index (κ2) is 7.31. The first-order valence-corrected chi connectivity index (χ1v) is 7.62. The van der Waals surface area contributed by atoms with E-state index in [-0.39, 0.29) is 11.9 Å². The normalized spacial score (nSPS) is 11.6. The number of methoxy groups -OCH3 is 2. The van der Waals surface area contributed by atoms with E-state index >= 15 is 0 Å². The molecule has 0 bridgehead atoms. The Bertz CT molecular complexity index is 655. The Kier molecular flexibility index (Phi) is 5.44. The molecule has 2 rings (SSSR count). The van der Waals surface area contributed by atoms with E-state index in [0.717, 1.165) is 10.0 Å². The minimum Gasteiger partial charge on any atom is -0.493 e. The smallest absolute Gasteiger partial charge is 0.251 e. The predicted molar refractivity (Wildman–Crippen MR) is 89.6 cm³/mol. The van der Waals surface area contributed by atoms with Crippen molar-refractivity contribution in [3.63, 3.8) is 0 Å². The summed E-state index contributed by atoms with van der Waals surface area (Å²) in [6.45, 7) is 1.95. The van der Waals surface area contributed by atoms with Crippen LogP contribution in [0.3, 0.4) is 0 Å². The molecule has 1 atom stereocenters. The van der Waals surface area contributed by atoms with Crippen molar-refractivity contribution in [1.82, 2.24) is 5.32 Å². The first-order chi connectivity index (χ1) is 10.5. The summed E-state index contributed by atoms with van der Waals surface area (Å²) in [4.78, 5) is 12.3. The molecule has 0 radical (unpaired) electrons. The van der Waals surface area contributed by atoms with Gasteiger partial charge in [0, 0.05) is 10.0 Å². The Hall–Kier alpha value is -2.01. The lowest BCUT2D eigenvalue weighted by Crippen LogP contribution is -2.26. The number of halogens is 1. The summed E-state index contributed by atoms with van der Waals surface area (Å²) < 4.78 is 11.4. The average molecular weight is 364 g/mol. The molecular formula is C17H18BrNO3. The van der Waals surface area contributed by atoms with Crippen LogP contribution in [0.2, 0.25) is 0 Å². The standard InChI is InChI=1S/C17H18BrNO3/c1-11(12-4-7-14(18)8-5-12)19-17(20)13-6-9-15(21-2)16(10-13)22-3/h4-11H,1-3H3,(H,19,20). The lowest BCUT2D eigenvalue weighted by Gasteiger charge is -2.15. The minimum absolute atomic E-state index is 0.0892. The lowest BCUT2D eigenvalue weighted by atomic mass is 10.1. The van der Waals surface area contributed by atoms with Gasteiger partial charge in [-0.25, -0.2) is 0 Å². The summed E-state index contributed by atoms with van der Waals surface area (Å²) in [6, 6.07) is 12.9. The van der Waals surface area contributed by atoms with Crippen molar-refractivity contribution in [3.8, 4) is 11.5 Å². The van der Waals surface area contributed by atoms with Gasteiger partial charge in [0.1, 0.15) is 0 Å². The number of rotatable bonds is 5. The molecule has 0 saturated carbocycles. The maximum Gasteiger partial charge on any atom is 0.251 e. The Labute approximate surface area is 138 Å². The molecule has 0 fully saturated rings. The maximum absolute atomic E-state index is 12.3. The number of benzene rings is 2. The molecule has 0 spiro atoms. The van der Waals surface area contributed by atoms with Crippen LogP contribution in [0.25, 0.3) is 0 Å². The highest BCUT2D eigenvalue weighted by molar-refractivity contribution is 9.10. The van der Waals surface area contributed by atoms with Gasteiger partial charge < -0.3 is 14.8 Å². The van der Waals surface area contributed by atoms with Crippen molar-refractivity contribution in [1.29, 1.82) is 0 Å². The molecule has 22 heavy (non-hydrogen) atoms. The predicted octanol–water partition coefficient (Wildman–Crippen LogP) is 3.96. The fraction of sp³-hybridized carbons (Fsp3) is 0.235. The number of hydrogen-bond acceptors (Lipinski definition) is 3. The Morgan fingerprint density at radius 1 is 1.05 bits per heavy atom. The fourth-order valence-electron chi connectivity index (χ4n) is 2.09. The van der Waals surface area contributed by atoms with E-state index in [4.69, 9.17) is 9.47 Å². The molecule has 0 aliphatic carbocycles. The zero-order valence-corrected chi connectivity index (χ0v) is 14.3. The fourth-order valence-corrected chi connectivity index (χ4v) is 2.36. The monoisotopic (exact) mass is 363 g/mol. The van der Waals surface area contributed by atoms with Crippen LogP contribution in [0.1, 0.15) is 28.9 Å². The molecule has 0 aliphatic rings.